The predicted octanol–water partition coefficient (Wildman–Crippen LogP) is 3.95. The highest BCUT2D eigenvalue weighted by molar-refractivity contribution is 6.05. The monoisotopic (exact) mass is 595 g/mol. The van der Waals surface area contributed by atoms with Crippen molar-refractivity contribution < 1.29 is 19.5 Å². The molecule has 0 radical (unpaired) electrons. The van der Waals surface area contributed by atoms with Gasteiger partial charge in [-0.15, -0.1) is 0 Å². The third kappa shape index (κ3) is 9.64. The number of aliphatic hydroxyl groups is 1. The summed E-state index contributed by atoms with van der Waals surface area (Å²) in [6.07, 6.45) is 6.09. The van der Waals surface area contributed by atoms with Crippen LogP contribution in [0.2, 0.25) is 0 Å². The zero-order valence-corrected chi connectivity index (χ0v) is 25.3. The lowest BCUT2D eigenvalue weighted by molar-refractivity contribution is -0.128. The highest BCUT2D eigenvalue weighted by Gasteiger charge is 2.26. The summed E-state index contributed by atoms with van der Waals surface area (Å²) in [7, 11) is 0. The maximum atomic E-state index is 13.9. The number of carbonyl (C=O) groups is 3. The number of carbonyl (C=O) groups excluding carboxylic acids is 3. The molecule has 44 heavy (non-hydrogen) atoms. The molecule has 4 rings (SSSR count). The fourth-order valence-electron chi connectivity index (χ4n) is 5.11. The molecule has 1 aromatic heterocycles. The third-order valence-corrected chi connectivity index (χ3v) is 7.29. The van der Waals surface area contributed by atoms with Gasteiger partial charge in [0.1, 0.15) is 6.04 Å². The summed E-state index contributed by atoms with van der Waals surface area (Å²) in [5.74, 6) is -1.01. The van der Waals surface area contributed by atoms with Crippen LogP contribution in [0.3, 0.4) is 0 Å². The SMILES string of the molecule is CC(C)C[C@@H](CO)NC(=O)[C@H](Cc1c[nH]cn1)NC(=O)C(=Cc1cccc2ccccc12)CC(=O)NCCc1ccccc1. The summed E-state index contributed by atoms with van der Waals surface area (Å²) in [4.78, 5) is 47.5. The topological polar surface area (TPSA) is 136 Å². The van der Waals surface area contributed by atoms with Crippen LogP contribution in [0.4, 0.5) is 0 Å². The third-order valence-electron chi connectivity index (χ3n) is 7.29. The Labute approximate surface area is 258 Å². The number of fused-ring (bicyclic) bond motifs is 1. The number of rotatable bonds is 15. The van der Waals surface area contributed by atoms with Crippen LogP contribution in [-0.2, 0) is 27.2 Å². The van der Waals surface area contributed by atoms with Crippen molar-refractivity contribution in [2.24, 2.45) is 5.92 Å². The van der Waals surface area contributed by atoms with E-state index in [2.05, 4.69) is 25.9 Å². The first-order valence-electron chi connectivity index (χ1n) is 15.0. The van der Waals surface area contributed by atoms with Crippen LogP contribution in [0.25, 0.3) is 16.8 Å². The lowest BCUT2D eigenvalue weighted by Gasteiger charge is -2.23. The van der Waals surface area contributed by atoms with Crippen molar-refractivity contribution in [1.29, 1.82) is 0 Å². The molecule has 0 aliphatic heterocycles. The van der Waals surface area contributed by atoms with Crippen molar-refractivity contribution in [3.8, 4) is 0 Å². The Morgan fingerprint density at radius 3 is 2.43 bits per heavy atom. The summed E-state index contributed by atoms with van der Waals surface area (Å²) in [5, 5.41) is 20.5. The van der Waals surface area contributed by atoms with Crippen molar-refractivity contribution in [3.05, 3.63) is 108 Å². The number of amides is 3. The minimum absolute atomic E-state index is 0.131. The van der Waals surface area contributed by atoms with E-state index in [0.717, 1.165) is 21.9 Å². The summed E-state index contributed by atoms with van der Waals surface area (Å²) >= 11 is 0. The number of nitrogens with one attached hydrogen (secondary N) is 4. The van der Waals surface area contributed by atoms with Crippen molar-refractivity contribution in [2.75, 3.05) is 13.2 Å². The molecule has 0 aliphatic carbocycles. The van der Waals surface area contributed by atoms with Gasteiger partial charge in [-0.25, -0.2) is 4.98 Å². The first-order valence-corrected chi connectivity index (χ1v) is 15.0. The Morgan fingerprint density at radius 1 is 0.955 bits per heavy atom. The van der Waals surface area contributed by atoms with Crippen molar-refractivity contribution >= 4 is 34.6 Å². The minimum atomic E-state index is -0.982. The molecule has 4 aromatic rings. The van der Waals surface area contributed by atoms with E-state index in [1.54, 1.807) is 12.3 Å². The van der Waals surface area contributed by atoms with E-state index in [0.29, 0.717) is 25.1 Å². The molecule has 3 amide bonds. The van der Waals surface area contributed by atoms with Gasteiger partial charge < -0.3 is 26.0 Å². The number of hydrogen-bond acceptors (Lipinski definition) is 5. The van der Waals surface area contributed by atoms with Gasteiger partial charge in [-0.1, -0.05) is 86.6 Å². The smallest absolute Gasteiger partial charge is 0.248 e. The number of hydrogen-bond donors (Lipinski definition) is 5. The number of imidazole rings is 1. The molecule has 3 aromatic carbocycles. The van der Waals surface area contributed by atoms with E-state index >= 15 is 0 Å². The Balaban J connectivity index is 1.57. The second kappa shape index (κ2) is 16.2. The molecule has 230 valence electrons. The van der Waals surface area contributed by atoms with E-state index in [1.807, 2.05) is 86.6 Å². The van der Waals surface area contributed by atoms with Gasteiger partial charge in [0, 0.05) is 24.7 Å². The molecule has 1 heterocycles. The molecule has 0 aliphatic rings. The molecule has 9 nitrogen and oxygen atoms in total. The highest BCUT2D eigenvalue weighted by atomic mass is 16.3. The molecule has 0 unspecified atom stereocenters. The van der Waals surface area contributed by atoms with Crippen LogP contribution >= 0.6 is 0 Å². The van der Waals surface area contributed by atoms with E-state index in [-0.39, 0.29) is 36.8 Å². The van der Waals surface area contributed by atoms with E-state index in [1.165, 1.54) is 6.33 Å². The molecular weight excluding hydrogens is 554 g/mol. The number of benzene rings is 3. The van der Waals surface area contributed by atoms with Crippen molar-refractivity contribution in [2.45, 2.75) is 51.6 Å². The van der Waals surface area contributed by atoms with Gasteiger partial charge in [0.2, 0.25) is 17.7 Å². The van der Waals surface area contributed by atoms with Crippen LogP contribution in [-0.4, -0.2) is 58.0 Å². The quantitative estimate of drug-likeness (QED) is 0.133. The summed E-state index contributed by atoms with van der Waals surface area (Å²) in [5.41, 5.74) is 2.70. The fraction of sp³-hybridized carbons (Fsp3) is 0.314. The number of H-pyrrole nitrogens is 1. The molecule has 0 fully saturated rings. The highest BCUT2D eigenvalue weighted by Crippen LogP contribution is 2.22. The molecule has 9 heteroatoms. The van der Waals surface area contributed by atoms with Crippen LogP contribution in [0.15, 0.2) is 90.9 Å². The molecular formula is C35H41N5O4. The fourth-order valence-corrected chi connectivity index (χ4v) is 5.11. The number of aliphatic hydroxyl groups excluding tert-OH is 1. The van der Waals surface area contributed by atoms with Crippen LogP contribution < -0.4 is 16.0 Å². The molecule has 0 saturated heterocycles. The predicted molar refractivity (Wildman–Crippen MR) is 172 cm³/mol. The van der Waals surface area contributed by atoms with Gasteiger partial charge in [0.15, 0.2) is 0 Å². The summed E-state index contributed by atoms with van der Waals surface area (Å²) in [6, 6.07) is 22.0. The van der Waals surface area contributed by atoms with E-state index in [9.17, 15) is 19.5 Å². The Kier molecular flexibility index (Phi) is 11.8. The van der Waals surface area contributed by atoms with Gasteiger partial charge in [-0.3, -0.25) is 14.4 Å². The average molecular weight is 596 g/mol. The number of nitrogens with zero attached hydrogens (tertiary/aromatic N) is 1. The zero-order valence-electron chi connectivity index (χ0n) is 25.3. The van der Waals surface area contributed by atoms with Crippen LogP contribution in [0.1, 0.15) is 43.5 Å². The lowest BCUT2D eigenvalue weighted by atomic mass is 10.00. The molecule has 0 saturated carbocycles. The Hall–Kier alpha value is -4.76. The second-order valence-corrected chi connectivity index (χ2v) is 11.3. The van der Waals surface area contributed by atoms with Crippen molar-refractivity contribution in [1.82, 2.24) is 25.9 Å². The van der Waals surface area contributed by atoms with Gasteiger partial charge in [0.25, 0.3) is 0 Å². The van der Waals surface area contributed by atoms with Crippen LogP contribution in [0.5, 0.6) is 0 Å². The molecule has 0 bridgehead atoms. The van der Waals surface area contributed by atoms with E-state index in [4.69, 9.17) is 0 Å². The summed E-state index contributed by atoms with van der Waals surface area (Å²) < 4.78 is 0. The van der Waals surface area contributed by atoms with Gasteiger partial charge >= 0.3 is 0 Å². The maximum absolute atomic E-state index is 13.9. The standard InChI is InChI=1S/C35H41N5O4/c1-24(2)17-30(22-41)39-35(44)32(20-29-21-36-23-38-29)40-34(43)28(18-27-13-8-12-26-11-6-7-14-31(26)27)19-33(42)37-16-15-25-9-4-3-5-10-25/h3-14,18,21,23-24,30,32,41H,15-17,19-20,22H2,1-2H3,(H,36,38)(H,37,42)(H,39,44)(H,40,43)/t30-,32-/m0/s1. The van der Waals surface area contributed by atoms with Gasteiger partial charge in [-0.05, 0) is 46.7 Å². The van der Waals surface area contributed by atoms with Crippen molar-refractivity contribution in [3.63, 3.8) is 0 Å². The number of aromatic amines is 1. The molecule has 5 N–H and O–H groups in total. The number of aromatic nitrogens is 2. The van der Waals surface area contributed by atoms with Gasteiger partial charge in [-0.2, -0.15) is 0 Å². The molecule has 0 spiro atoms. The minimum Gasteiger partial charge on any atom is -0.394 e. The molecule has 2 atom stereocenters. The summed E-state index contributed by atoms with van der Waals surface area (Å²) in [6.45, 7) is 4.22. The van der Waals surface area contributed by atoms with E-state index < -0.39 is 23.9 Å². The zero-order chi connectivity index (χ0) is 31.3. The first kappa shape index (κ1) is 32.2. The average Bonchev–Trinajstić information content (AvgIpc) is 3.53. The maximum Gasteiger partial charge on any atom is 0.248 e. The van der Waals surface area contributed by atoms with Gasteiger partial charge in [0.05, 0.1) is 31.1 Å². The van der Waals surface area contributed by atoms with Crippen LogP contribution in [0, 0.1) is 5.92 Å². The largest absolute Gasteiger partial charge is 0.394 e. The first-order chi connectivity index (χ1) is 21.3. The second-order valence-electron chi connectivity index (χ2n) is 11.3. The lowest BCUT2D eigenvalue weighted by Crippen LogP contribution is -2.52. The Morgan fingerprint density at radius 2 is 1.70 bits per heavy atom. The normalized spacial score (nSPS) is 13.0. The Bertz CT molecular complexity index is 1540.